The van der Waals surface area contributed by atoms with Gasteiger partial charge in [-0.1, -0.05) is 77.0 Å². The van der Waals surface area contributed by atoms with Gasteiger partial charge in [-0.3, -0.25) is 4.79 Å². The summed E-state index contributed by atoms with van der Waals surface area (Å²) >= 11 is 0. The monoisotopic (exact) mass is 340 g/mol. The molecular weight excluding hydrogens is 304 g/mol. The van der Waals surface area contributed by atoms with E-state index in [9.17, 15) is 4.79 Å². The molecule has 0 heterocycles. The molecule has 4 unspecified atom stereocenters. The quantitative estimate of drug-likeness (QED) is 0.389. The fourth-order valence-corrected chi connectivity index (χ4v) is 4.07. The van der Waals surface area contributed by atoms with Gasteiger partial charge in [0, 0.05) is 23.3 Å². The minimum Gasteiger partial charge on any atom is -0.294 e. The molecule has 0 N–H and O–H groups in total. The number of carbonyl (C=O) groups is 1. The Morgan fingerprint density at radius 1 is 1.32 bits per heavy atom. The highest BCUT2D eigenvalue weighted by molar-refractivity contribution is 6.00. The van der Waals surface area contributed by atoms with Gasteiger partial charge in [-0.05, 0) is 43.6 Å². The van der Waals surface area contributed by atoms with Crippen LogP contribution in [0.4, 0.5) is 0 Å². The zero-order chi connectivity index (χ0) is 18.9. The average molecular weight is 341 g/mol. The lowest BCUT2D eigenvalue weighted by molar-refractivity contribution is -0.117. The minimum atomic E-state index is 0.134. The Bertz CT molecular complexity index is 631. The lowest BCUT2D eigenvalue weighted by atomic mass is 9.76. The number of ketones is 1. The third-order valence-electron chi connectivity index (χ3n) is 6.02. The highest BCUT2D eigenvalue weighted by Crippen LogP contribution is 2.45. The van der Waals surface area contributed by atoms with E-state index >= 15 is 0 Å². The van der Waals surface area contributed by atoms with E-state index in [0.29, 0.717) is 17.6 Å². The molecule has 0 saturated heterocycles. The number of hydrogen-bond acceptors (Lipinski definition) is 1. The van der Waals surface area contributed by atoms with Gasteiger partial charge in [0.15, 0.2) is 5.78 Å². The van der Waals surface area contributed by atoms with Gasteiger partial charge in [0.2, 0.25) is 0 Å². The van der Waals surface area contributed by atoms with Crippen LogP contribution in [0.1, 0.15) is 67.7 Å². The SMILES string of the molecule is C=C(C1C=CC(C(C)(C)C)=CC1)C(C)C(C(=O)C1CC1CC)=C(C)C. The van der Waals surface area contributed by atoms with Gasteiger partial charge < -0.3 is 0 Å². The van der Waals surface area contributed by atoms with Crippen LogP contribution >= 0.6 is 0 Å². The van der Waals surface area contributed by atoms with E-state index in [1.165, 1.54) is 11.1 Å². The van der Waals surface area contributed by atoms with Crippen molar-refractivity contribution in [1.29, 1.82) is 0 Å². The predicted octanol–water partition coefficient (Wildman–Crippen LogP) is 6.68. The van der Waals surface area contributed by atoms with Crippen LogP contribution in [0.2, 0.25) is 0 Å². The Kier molecular flexibility index (Phi) is 5.97. The predicted molar refractivity (Wildman–Crippen MR) is 108 cm³/mol. The van der Waals surface area contributed by atoms with E-state index in [1.54, 1.807) is 0 Å². The first-order valence-corrected chi connectivity index (χ1v) is 9.87. The normalized spacial score (nSPS) is 26.7. The summed E-state index contributed by atoms with van der Waals surface area (Å²) in [5.74, 6) is 1.72. The van der Waals surface area contributed by atoms with Crippen LogP contribution in [0.15, 0.2) is 47.1 Å². The third-order valence-corrected chi connectivity index (χ3v) is 6.02. The van der Waals surface area contributed by atoms with Crippen molar-refractivity contribution < 1.29 is 4.79 Å². The lowest BCUT2D eigenvalue weighted by Gasteiger charge is -2.29. The van der Waals surface area contributed by atoms with Crippen molar-refractivity contribution in [3.63, 3.8) is 0 Å². The van der Waals surface area contributed by atoms with Crippen LogP contribution in [0, 0.1) is 29.1 Å². The zero-order valence-electron chi connectivity index (χ0n) is 17.3. The van der Waals surface area contributed by atoms with Crippen molar-refractivity contribution in [1.82, 2.24) is 0 Å². The maximum absolute atomic E-state index is 13.0. The molecule has 1 nitrogen and oxygen atoms in total. The lowest BCUT2D eigenvalue weighted by Crippen LogP contribution is -2.20. The van der Waals surface area contributed by atoms with Crippen LogP contribution in [-0.2, 0) is 4.79 Å². The highest BCUT2D eigenvalue weighted by atomic mass is 16.1. The largest absolute Gasteiger partial charge is 0.294 e. The molecule has 2 aliphatic rings. The summed E-state index contributed by atoms with van der Waals surface area (Å²) in [5.41, 5.74) is 4.94. The Hall–Kier alpha value is -1.37. The second kappa shape index (κ2) is 7.48. The summed E-state index contributed by atoms with van der Waals surface area (Å²) in [6.07, 6.45) is 10.1. The van der Waals surface area contributed by atoms with E-state index in [2.05, 4.69) is 73.3 Å². The molecule has 138 valence electrons. The van der Waals surface area contributed by atoms with Crippen molar-refractivity contribution in [2.75, 3.05) is 0 Å². The number of rotatable bonds is 6. The van der Waals surface area contributed by atoms with Crippen LogP contribution in [0.3, 0.4) is 0 Å². The van der Waals surface area contributed by atoms with Crippen molar-refractivity contribution in [3.05, 3.63) is 47.1 Å². The van der Waals surface area contributed by atoms with E-state index in [0.717, 1.165) is 30.4 Å². The smallest absolute Gasteiger partial charge is 0.162 e. The molecule has 0 bridgehead atoms. The standard InChI is InChI=1S/C24H36O/c1-9-18-14-21(18)23(25)22(15(2)3)17(5)16(4)19-10-12-20(13-11-19)24(6,7)8/h10,12-13,17-19,21H,4,9,11,14H2,1-3,5-8H3. The summed E-state index contributed by atoms with van der Waals surface area (Å²) in [5, 5.41) is 0. The minimum absolute atomic E-state index is 0.134. The fraction of sp³-hybridized carbons (Fsp3) is 0.625. The summed E-state index contributed by atoms with van der Waals surface area (Å²) in [6, 6.07) is 0. The van der Waals surface area contributed by atoms with E-state index < -0.39 is 0 Å². The van der Waals surface area contributed by atoms with Crippen LogP contribution in [-0.4, -0.2) is 5.78 Å². The van der Waals surface area contributed by atoms with Gasteiger partial charge in [-0.2, -0.15) is 0 Å². The molecule has 0 radical (unpaired) electrons. The Labute approximate surface area is 155 Å². The molecule has 1 saturated carbocycles. The average Bonchev–Trinajstić information content (AvgIpc) is 3.33. The summed E-state index contributed by atoms with van der Waals surface area (Å²) in [6.45, 7) is 19.7. The van der Waals surface area contributed by atoms with Gasteiger partial charge in [-0.15, -0.1) is 0 Å². The first kappa shape index (κ1) is 19.9. The Morgan fingerprint density at radius 3 is 2.36 bits per heavy atom. The van der Waals surface area contributed by atoms with Gasteiger partial charge >= 0.3 is 0 Å². The molecule has 0 aromatic rings. The zero-order valence-corrected chi connectivity index (χ0v) is 17.3. The molecule has 1 heteroatoms. The molecule has 0 aliphatic heterocycles. The molecule has 0 aromatic heterocycles. The van der Waals surface area contributed by atoms with Crippen molar-refractivity contribution in [3.8, 4) is 0 Å². The first-order chi connectivity index (χ1) is 11.6. The summed E-state index contributed by atoms with van der Waals surface area (Å²) in [7, 11) is 0. The van der Waals surface area contributed by atoms with Gasteiger partial charge in [0.25, 0.3) is 0 Å². The van der Waals surface area contributed by atoms with Gasteiger partial charge in [-0.25, -0.2) is 0 Å². The molecule has 0 aromatic carbocycles. The number of hydrogen-bond donors (Lipinski definition) is 0. The van der Waals surface area contributed by atoms with Crippen LogP contribution in [0.5, 0.6) is 0 Å². The third kappa shape index (κ3) is 4.43. The molecule has 4 atom stereocenters. The van der Waals surface area contributed by atoms with Crippen LogP contribution in [0.25, 0.3) is 0 Å². The van der Waals surface area contributed by atoms with Gasteiger partial charge in [0.1, 0.15) is 0 Å². The van der Waals surface area contributed by atoms with E-state index in [1.807, 2.05) is 0 Å². The van der Waals surface area contributed by atoms with Crippen molar-refractivity contribution in [2.24, 2.45) is 29.1 Å². The maximum Gasteiger partial charge on any atom is 0.162 e. The Morgan fingerprint density at radius 2 is 1.96 bits per heavy atom. The van der Waals surface area contributed by atoms with Crippen molar-refractivity contribution in [2.45, 2.75) is 67.7 Å². The topological polar surface area (TPSA) is 17.1 Å². The molecule has 2 rings (SSSR count). The number of allylic oxidation sites excluding steroid dienone is 7. The van der Waals surface area contributed by atoms with E-state index in [4.69, 9.17) is 0 Å². The highest BCUT2D eigenvalue weighted by Gasteiger charge is 2.43. The fourth-order valence-electron chi connectivity index (χ4n) is 4.07. The maximum atomic E-state index is 13.0. The van der Waals surface area contributed by atoms with Crippen LogP contribution < -0.4 is 0 Å². The first-order valence-electron chi connectivity index (χ1n) is 9.87. The molecule has 2 aliphatic carbocycles. The molecule has 1 fully saturated rings. The molecular formula is C24H36O. The molecule has 0 spiro atoms. The summed E-state index contributed by atoms with van der Waals surface area (Å²) in [4.78, 5) is 13.0. The summed E-state index contributed by atoms with van der Waals surface area (Å²) < 4.78 is 0. The number of carbonyl (C=O) groups excluding carboxylic acids is 1. The number of Topliss-reactive ketones (excluding diaryl/α,β-unsaturated/α-hetero) is 1. The van der Waals surface area contributed by atoms with E-state index in [-0.39, 0.29) is 17.3 Å². The second-order valence-electron chi connectivity index (χ2n) is 9.20. The Balaban J connectivity index is 2.11. The van der Waals surface area contributed by atoms with Crippen molar-refractivity contribution >= 4 is 5.78 Å². The van der Waals surface area contributed by atoms with Gasteiger partial charge in [0.05, 0.1) is 0 Å². The molecule has 0 amide bonds. The molecule has 25 heavy (non-hydrogen) atoms. The second-order valence-corrected chi connectivity index (χ2v) is 9.20.